The molecule has 6 heteroatoms. The van der Waals surface area contributed by atoms with Gasteiger partial charge in [-0.25, -0.2) is 19.9 Å². The van der Waals surface area contributed by atoms with Crippen molar-refractivity contribution in [2.24, 2.45) is 0 Å². The maximum absolute atomic E-state index is 6.58. The molecule has 0 saturated carbocycles. The summed E-state index contributed by atoms with van der Waals surface area (Å²) in [5.41, 5.74) is 6.41. The Labute approximate surface area is 296 Å². The van der Waals surface area contributed by atoms with Crippen LogP contribution in [0.2, 0.25) is 0 Å². The van der Waals surface area contributed by atoms with Gasteiger partial charge in [0.25, 0.3) is 0 Å². The molecule has 242 valence electrons. The van der Waals surface area contributed by atoms with Crippen LogP contribution in [0.3, 0.4) is 0 Å². The quantitative estimate of drug-likeness (QED) is 0.174. The van der Waals surface area contributed by atoms with Gasteiger partial charge in [-0.15, -0.1) is 0 Å². The monoisotopic (exact) mass is 666 g/mol. The predicted octanol–water partition coefficient (Wildman–Crippen LogP) is 12.0. The van der Waals surface area contributed by atoms with E-state index in [1.54, 1.807) is 0 Å². The Morgan fingerprint density at radius 1 is 0.346 bits per heavy atom. The van der Waals surface area contributed by atoms with Crippen LogP contribution in [0.15, 0.2) is 167 Å². The van der Waals surface area contributed by atoms with Crippen molar-refractivity contribution in [2.45, 2.75) is 0 Å². The number of rotatable bonds is 4. The lowest BCUT2D eigenvalue weighted by Gasteiger charge is -2.12. The highest BCUT2D eigenvalue weighted by Crippen LogP contribution is 2.41. The number of aromatic nitrogens is 4. The van der Waals surface area contributed by atoms with E-state index in [0.29, 0.717) is 28.9 Å². The van der Waals surface area contributed by atoms with E-state index < -0.39 is 0 Å². The summed E-state index contributed by atoms with van der Waals surface area (Å²) in [6.07, 6.45) is 0. The number of hydrogen-bond donors (Lipinski definition) is 0. The van der Waals surface area contributed by atoms with E-state index in [9.17, 15) is 0 Å². The second-order valence-electron chi connectivity index (χ2n) is 13.0. The van der Waals surface area contributed by atoms with Crippen molar-refractivity contribution in [2.75, 3.05) is 0 Å². The molecule has 0 fully saturated rings. The Hall–Kier alpha value is -7.18. The zero-order valence-corrected chi connectivity index (χ0v) is 27.6. The summed E-state index contributed by atoms with van der Waals surface area (Å²) < 4.78 is 12.8. The molecule has 52 heavy (non-hydrogen) atoms. The van der Waals surface area contributed by atoms with E-state index in [1.807, 2.05) is 78.9 Å². The molecule has 0 aliphatic carbocycles. The summed E-state index contributed by atoms with van der Waals surface area (Å²) in [6, 6.07) is 53.7. The van der Waals surface area contributed by atoms with Gasteiger partial charge in [0.05, 0.1) is 5.56 Å². The fourth-order valence-corrected chi connectivity index (χ4v) is 7.58. The summed E-state index contributed by atoms with van der Waals surface area (Å²) in [4.78, 5) is 20.2. The SMILES string of the molecule is c1ccc(-c2nc(-c3ccc4c5ccccc5c5ccccc5c4c3)nc(-c3cccc4oc5c(-c6nc7ccccc7o6)cccc5c34)n2)cc1. The van der Waals surface area contributed by atoms with Crippen molar-refractivity contribution in [1.29, 1.82) is 0 Å². The maximum Gasteiger partial charge on any atom is 0.231 e. The lowest BCUT2D eigenvalue weighted by atomic mass is 9.93. The molecule has 8 aromatic carbocycles. The lowest BCUT2D eigenvalue weighted by molar-refractivity contribution is 0.615. The van der Waals surface area contributed by atoms with Crippen molar-refractivity contribution in [3.63, 3.8) is 0 Å². The summed E-state index contributed by atoms with van der Waals surface area (Å²) >= 11 is 0. The number of benzene rings is 8. The number of hydrogen-bond acceptors (Lipinski definition) is 6. The molecule has 3 heterocycles. The van der Waals surface area contributed by atoms with Crippen LogP contribution in [-0.2, 0) is 0 Å². The van der Waals surface area contributed by atoms with E-state index in [4.69, 9.17) is 28.8 Å². The Balaban J connectivity index is 1.15. The van der Waals surface area contributed by atoms with Crippen LogP contribution in [0.4, 0.5) is 0 Å². The molecule has 0 aliphatic heterocycles. The normalized spacial score (nSPS) is 11.8. The van der Waals surface area contributed by atoms with Gasteiger partial charge in [0.15, 0.2) is 23.1 Å². The van der Waals surface area contributed by atoms with Gasteiger partial charge < -0.3 is 8.83 Å². The Kier molecular flexibility index (Phi) is 6.15. The highest BCUT2D eigenvalue weighted by molar-refractivity contribution is 6.25. The van der Waals surface area contributed by atoms with Crippen LogP contribution < -0.4 is 0 Å². The van der Waals surface area contributed by atoms with Gasteiger partial charge in [-0.1, -0.05) is 127 Å². The Bertz CT molecular complexity index is 3130. The molecular weight excluding hydrogens is 641 g/mol. The van der Waals surface area contributed by atoms with E-state index >= 15 is 0 Å². The first kappa shape index (κ1) is 28.6. The molecule has 11 aromatic rings. The molecule has 0 bridgehead atoms. The zero-order chi connectivity index (χ0) is 34.2. The number of fused-ring (bicyclic) bond motifs is 10. The minimum Gasteiger partial charge on any atom is -0.455 e. The van der Waals surface area contributed by atoms with E-state index in [1.165, 1.54) is 26.9 Å². The van der Waals surface area contributed by atoms with Crippen LogP contribution in [0.1, 0.15) is 0 Å². The van der Waals surface area contributed by atoms with Crippen LogP contribution >= 0.6 is 0 Å². The molecule has 0 saturated heterocycles. The topological polar surface area (TPSA) is 77.8 Å². The van der Waals surface area contributed by atoms with Crippen LogP contribution in [-0.4, -0.2) is 19.9 Å². The fraction of sp³-hybridized carbons (Fsp3) is 0. The molecule has 3 aromatic heterocycles. The van der Waals surface area contributed by atoms with Gasteiger partial charge in [-0.2, -0.15) is 0 Å². The van der Waals surface area contributed by atoms with Gasteiger partial charge in [0, 0.05) is 27.5 Å². The van der Waals surface area contributed by atoms with Crippen molar-refractivity contribution >= 4 is 65.4 Å². The van der Waals surface area contributed by atoms with Gasteiger partial charge in [0.1, 0.15) is 16.7 Å². The second kappa shape index (κ2) is 11.2. The molecule has 0 spiro atoms. The van der Waals surface area contributed by atoms with Crippen LogP contribution in [0.25, 0.3) is 111 Å². The van der Waals surface area contributed by atoms with Gasteiger partial charge in [-0.3, -0.25) is 0 Å². The lowest BCUT2D eigenvalue weighted by Crippen LogP contribution is -2.00. The fourth-order valence-electron chi connectivity index (χ4n) is 7.58. The molecule has 0 unspecified atom stereocenters. The number of nitrogens with zero attached hydrogens (tertiary/aromatic N) is 4. The predicted molar refractivity (Wildman–Crippen MR) is 209 cm³/mol. The highest BCUT2D eigenvalue weighted by atomic mass is 16.4. The van der Waals surface area contributed by atoms with Gasteiger partial charge in [0.2, 0.25) is 5.89 Å². The van der Waals surface area contributed by atoms with E-state index in [-0.39, 0.29) is 0 Å². The Morgan fingerprint density at radius 3 is 1.69 bits per heavy atom. The molecular formula is C46H26N4O2. The molecule has 11 rings (SSSR count). The molecule has 0 atom stereocenters. The van der Waals surface area contributed by atoms with Crippen molar-refractivity contribution in [3.05, 3.63) is 158 Å². The third kappa shape index (κ3) is 4.38. The molecule has 0 N–H and O–H groups in total. The first-order valence-corrected chi connectivity index (χ1v) is 17.2. The summed E-state index contributed by atoms with van der Waals surface area (Å²) in [6.45, 7) is 0. The third-order valence-corrected chi connectivity index (χ3v) is 9.96. The highest BCUT2D eigenvalue weighted by Gasteiger charge is 2.21. The molecule has 0 aliphatic rings. The van der Waals surface area contributed by atoms with Gasteiger partial charge >= 0.3 is 0 Å². The zero-order valence-electron chi connectivity index (χ0n) is 27.6. The van der Waals surface area contributed by atoms with Gasteiger partial charge in [-0.05, 0) is 62.6 Å². The smallest absolute Gasteiger partial charge is 0.231 e. The molecule has 6 nitrogen and oxygen atoms in total. The summed E-state index contributed by atoms with van der Waals surface area (Å²) in [5, 5.41) is 9.08. The van der Waals surface area contributed by atoms with E-state index in [2.05, 4.69) is 78.9 Å². The standard InChI is InChI=1S/C46H26N4O2/c1-2-12-27(13-3-1)43-48-44(28-24-25-33-31-16-5-4-14-29(31)30-15-6-7-17-32(30)37(33)26-28)50-45(49-43)35-19-11-23-40-41(35)34-18-10-20-36(42(34)51-40)46-47-38-21-8-9-22-39(38)52-46/h1-26H. The third-order valence-electron chi connectivity index (χ3n) is 9.96. The minimum absolute atomic E-state index is 0.512. The summed E-state index contributed by atoms with van der Waals surface area (Å²) in [7, 11) is 0. The average Bonchev–Trinajstić information content (AvgIpc) is 3.83. The first-order chi connectivity index (χ1) is 25.8. The number of furan rings is 1. The largest absolute Gasteiger partial charge is 0.455 e. The number of oxazole rings is 1. The minimum atomic E-state index is 0.512. The van der Waals surface area contributed by atoms with Crippen molar-refractivity contribution in [3.8, 4) is 45.6 Å². The van der Waals surface area contributed by atoms with Crippen molar-refractivity contribution < 1.29 is 8.83 Å². The number of para-hydroxylation sites is 3. The maximum atomic E-state index is 6.58. The molecule has 0 radical (unpaired) electrons. The average molecular weight is 667 g/mol. The first-order valence-electron chi connectivity index (χ1n) is 17.2. The van der Waals surface area contributed by atoms with E-state index in [0.717, 1.165) is 55.1 Å². The van der Waals surface area contributed by atoms with Crippen molar-refractivity contribution in [1.82, 2.24) is 19.9 Å². The van der Waals surface area contributed by atoms with Crippen LogP contribution in [0.5, 0.6) is 0 Å². The Morgan fingerprint density at radius 2 is 0.923 bits per heavy atom. The second-order valence-corrected chi connectivity index (χ2v) is 13.0. The molecule has 0 amide bonds. The van der Waals surface area contributed by atoms with Crippen LogP contribution in [0, 0.1) is 0 Å². The summed E-state index contributed by atoms with van der Waals surface area (Å²) in [5.74, 6) is 2.27.